The van der Waals surface area contributed by atoms with Crippen molar-refractivity contribution in [1.29, 1.82) is 0 Å². The van der Waals surface area contributed by atoms with Crippen molar-refractivity contribution in [3.63, 3.8) is 0 Å². The first-order chi connectivity index (χ1) is 14.6. The zero-order valence-electron chi connectivity index (χ0n) is 17.2. The Balaban J connectivity index is 0.000000240. The Labute approximate surface area is 197 Å². The molecule has 0 unspecified atom stereocenters. The summed E-state index contributed by atoms with van der Waals surface area (Å²) in [5.74, 6) is 0. The highest BCUT2D eigenvalue weighted by molar-refractivity contribution is 7.86. The van der Waals surface area contributed by atoms with Crippen molar-refractivity contribution < 1.29 is 37.4 Å². The zero-order chi connectivity index (χ0) is 24.7. The number of aryl methyl sites for hydroxylation is 2. The Morgan fingerprint density at radius 1 is 0.625 bits per heavy atom. The Bertz CT molecular complexity index is 1140. The molecule has 0 amide bonds. The Hall–Kier alpha value is -2.02. The van der Waals surface area contributed by atoms with E-state index in [1.54, 1.807) is 36.4 Å². The Morgan fingerprint density at radius 3 is 1.09 bits per heavy atom. The summed E-state index contributed by atoms with van der Waals surface area (Å²) < 4.78 is 62.3. The minimum absolute atomic E-state index is 0.178. The maximum atomic E-state index is 10.4. The molecule has 0 heterocycles. The molecule has 0 atom stereocenters. The van der Waals surface area contributed by atoms with Crippen LogP contribution in [0.5, 0.6) is 0 Å². The number of benzene rings is 3. The fourth-order valence-electron chi connectivity index (χ4n) is 2.04. The van der Waals surface area contributed by atoms with E-state index in [0.29, 0.717) is 10.0 Å². The van der Waals surface area contributed by atoms with Gasteiger partial charge in [0.25, 0.3) is 0 Å². The van der Waals surface area contributed by atoms with E-state index in [1.807, 2.05) is 13.8 Å². The molecule has 0 spiro atoms. The van der Waals surface area contributed by atoms with Crippen LogP contribution >= 0.6 is 23.2 Å². The third kappa shape index (κ3) is 9.63. The van der Waals surface area contributed by atoms with Crippen molar-refractivity contribution in [2.24, 2.45) is 0 Å². The summed E-state index contributed by atoms with van der Waals surface area (Å²) in [6, 6.07) is 15.0. The van der Waals surface area contributed by atoms with Gasteiger partial charge in [-0.25, -0.2) is 16.8 Å². The molecule has 0 fully saturated rings. The van der Waals surface area contributed by atoms with Crippen LogP contribution in [0.25, 0.3) is 0 Å². The van der Waals surface area contributed by atoms with Gasteiger partial charge >= 0.3 is 0 Å². The minimum atomic E-state index is -4.27. The first-order valence-electron chi connectivity index (χ1n) is 8.79. The van der Waals surface area contributed by atoms with Gasteiger partial charge in [0.15, 0.2) is 0 Å². The quantitative estimate of drug-likeness (QED) is 0.491. The van der Waals surface area contributed by atoms with Gasteiger partial charge in [-0.1, -0.05) is 58.6 Å². The molecule has 6 N–H and O–H groups in total. The third-order valence-electron chi connectivity index (χ3n) is 3.83. The summed E-state index contributed by atoms with van der Waals surface area (Å²) >= 11 is 11.4. The molecule has 0 saturated carbocycles. The van der Waals surface area contributed by atoms with Crippen LogP contribution < -0.4 is 11.5 Å². The largest absolute Gasteiger partial charge is 0.744 e. The van der Waals surface area contributed by atoms with Crippen LogP contribution in [0.4, 0.5) is 11.4 Å². The molecule has 12 heteroatoms. The van der Waals surface area contributed by atoms with Crippen molar-refractivity contribution in [3.05, 3.63) is 81.8 Å². The van der Waals surface area contributed by atoms with Crippen molar-refractivity contribution in [3.8, 4) is 0 Å². The molecule has 32 heavy (non-hydrogen) atoms. The average molecular weight is 521 g/mol. The second-order valence-electron chi connectivity index (χ2n) is 6.57. The lowest BCUT2D eigenvalue weighted by Crippen LogP contribution is -2.43. The smallest absolute Gasteiger partial charge is 0.148 e. The molecule has 0 saturated heterocycles. The van der Waals surface area contributed by atoms with Gasteiger partial charge in [-0.3, -0.25) is 0 Å². The number of hydrogen-bond donors (Lipinski definition) is 2. The van der Waals surface area contributed by atoms with Crippen LogP contribution in [-0.4, -0.2) is 25.9 Å². The number of quaternary nitrogens is 2. The summed E-state index contributed by atoms with van der Waals surface area (Å²) in [7, 11) is -8.54. The van der Waals surface area contributed by atoms with Crippen LogP contribution in [-0.2, 0) is 20.2 Å². The maximum Gasteiger partial charge on any atom is 0.148 e. The van der Waals surface area contributed by atoms with E-state index in [2.05, 4.69) is 11.5 Å². The molecule has 8 nitrogen and oxygen atoms in total. The summed E-state index contributed by atoms with van der Waals surface area (Å²) in [5, 5.41) is 1.21. The van der Waals surface area contributed by atoms with Crippen molar-refractivity contribution >= 4 is 54.8 Å². The molecule has 3 aromatic carbocycles. The first-order valence-corrected chi connectivity index (χ1v) is 12.4. The van der Waals surface area contributed by atoms with Crippen LogP contribution in [0, 0.1) is 13.8 Å². The van der Waals surface area contributed by atoms with Crippen LogP contribution in [0.1, 0.15) is 11.1 Å². The van der Waals surface area contributed by atoms with E-state index in [0.717, 1.165) is 22.5 Å². The predicted molar refractivity (Wildman–Crippen MR) is 120 cm³/mol. The maximum absolute atomic E-state index is 10.4. The lowest BCUT2D eigenvalue weighted by atomic mass is 10.2. The Morgan fingerprint density at radius 2 is 0.875 bits per heavy atom. The van der Waals surface area contributed by atoms with E-state index in [4.69, 9.17) is 23.2 Å². The predicted octanol–water partition coefficient (Wildman–Crippen LogP) is 2.54. The van der Waals surface area contributed by atoms with E-state index in [1.165, 1.54) is 24.3 Å². The summed E-state index contributed by atoms with van der Waals surface area (Å²) in [4.78, 5) is -0.355. The molecule has 0 aliphatic rings. The highest BCUT2D eigenvalue weighted by Gasteiger charge is 2.06. The molecular formula is C20H22Cl2N2O6S2. The van der Waals surface area contributed by atoms with Crippen LogP contribution in [0.3, 0.4) is 0 Å². The normalized spacial score (nSPS) is 11.0. The van der Waals surface area contributed by atoms with Gasteiger partial charge in [0.1, 0.15) is 41.7 Å². The fourth-order valence-corrected chi connectivity index (χ4v) is 3.35. The van der Waals surface area contributed by atoms with Crippen molar-refractivity contribution in [2.45, 2.75) is 23.6 Å². The zero-order valence-corrected chi connectivity index (χ0v) is 20.4. The van der Waals surface area contributed by atoms with Gasteiger partial charge in [0, 0.05) is 12.1 Å². The van der Waals surface area contributed by atoms with Crippen molar-refractivity contribution in [2.75, 3.05) is 0 Å². The van der Waals surface area contributed by atoms with Crippen LogP contribution in [0.15, 0.2) is 70.5 Å². The lowest BCUT2D eigenvalue weighted by Gasteiger charge is -2.05. The number of rotatable bonds is 2. The Kier molecular flexibility index (Phi) is 10.3. The second kappa shape index (κ2) is 11.7. The van der Waals surface area contributed by atoms with E-state index < -0.39 is 20.2 Å². The molecule has 0 bridgehead atoms. The van der Waals surface area contributed by atoms with Crippen LogP contribution in [0.2, 0.25) is 10.0 Å². The molecule has 174 valence electrons. The topological polar surface area (TPSA) is 170 Å². The monoisotopic (exact) mass is 520 g/mol. The summed E-state index contributed by atoms with van der Waals surface area (Å²) in [6.07, 6.45) is 0. The molecule has 0 radical (unpaired) electrons. The standard InChI is InChI=1S/2C7H8O3S.C6H6Cl2N2/c2*1-6-2-4-7(5-3-6)11(8,9)10;7-3-1-5(9)4(8)2-6(3)10/h2*2-5H,1H3,(H,8,9,10);1-2H,9-10H2. The van der Waals surface area contributed by atoms with Gasteiger partial charge in [0.05, 0.1) is 9.79 Å². The third-order valence-corrected chi connectivity index (χ3v) is 6.24. The highest BCUT2D eigenvalue weighted by atomic mass is 35.5. The fraction of sp³-hybridized carbons (Fsp3) is 0.100. The first kappa shape index (κ1) is 28.0. The van der Waals surface area contributed by atoms with Gasteiger partial charge in [-0.05, 0) is 38.1 Å². The molecule has 3 aromatic rings. The van der Waals surface area contributed by atoms with E-state index >= 15 is 0 Å². The molecular weight excluding hydrogens is 499 g/mol. The van der Waals surface area contributed by atoms with Crippen molar-refractivity contribution in [1.82, 2.24) is 0 Å². The van der Waals surface area contributed by atoms with Gasteiger partial charge in [-0.15, -0.1) is 0 Å². The van der Waals surface area contributed by atoms with Gasteiger partial charge in [-0.2, -0.15) is 0 Å². The molecule has 3 rings (SSSR count). The number of hydrogen-bond acceptors (Lipinski definition) is 6. The molecule has 0 aliphatic carbocycles. The van der Waals surface area contributed by atoms with Gasteiger partial charge < -0.3 is 20.6 Å². The molecule has 0 aromatic heterocycles. The number of halogens is 2. The van der Waals surface area contributed by atoms with E-state index in [9.17, 15) is 25.9 Å². The second-order valence-corrected chi connectivity index (χ2v) is 10.1. The lowest BCUT2D eigenvalue weighted by molar-refractivity contribution is -0.260. The summed E-state index contributed by atoms with van der Waals surface area (Å²) in [5.41, 5.74) is 10.7. The highest BCUT2D eigenvalue weighted by Crippen LogP contribution is 2.26. The average Bonchev–Trinajstić information content (AvgIpc) is 2.67. The summed E-state index contributed by atoms with van der Waals surface area (Å²) in [6.45, 7) is 3.64. The minimum Gasteiger partial charge on any atom is -0.744 e. The van der Waals surface area contributed by atoms with Gasteiger partial charge in [0.2, 0.25) is 0 Å². The van der Waals surface area contributed by atoms with E-state index in [-0.39, 0.29) is 9.79 Å². The SMILES string of the molecule is Cc1ccc(S(=O)(=O)[O-])cc1.Cc1ccc(S(=O)(=O)[O-])cc1.[NH3+]c1cc(Cl)c([NH3+])cc1Cl. The molecule has 0 aliphatic heterocycles.